The number of aryl methyl sites for hydroxylation is 1. The maximum atomic E-state index is 12.5. The lowest BCUT2D eigenvalue weighted by atomic mass is 10.1. The molecule has 2 aromatic heterocycles. The Morgan fingerprint density at radius 2 is 1.43 bits per heavy atom. The van der Waals surface area contributed by atoms with Gasteiger partial charge in [0.1, 0.15) is 24.6 Å². The second kappa shape index (κ2) is 13.6. The van der Waals surface area contributed by atoms with Crippen LogP contribution in [0.25, 0.3) is 22.2 Å². The van der Waals surface area contributed by atoms with E-state index < -0.39 is 5.60 Å². The van der Waals surface area contributed by atoms with Crippen LogP contribution in [-0.2, 0) is 31.5 Å². The van der Waals surface area contributed by atoms with E-state index in [0.717, 1.165) is 52.2 Å². The molecule has 0 unspecified atom stereocenters. The smallest absolute Gasteiger partial charge is 0.410 e. The van der Waals surface area contributed by atoms with Gasteiger partial charge in [0.2, 0.25) is 11.8 Å². The van der Waals surface area contributed by atoms with Crippen LogP contribution in [0.4, 0.5) is 4.79 Å². The van der Waals surface area contributed by atoms with Crippen LogP contribution in [0.15, 0.2) is 91.0 Å². The number of aromatic nitrogens is 3. The average Bonchev–Trinajstić information content (AvgIpc) is 3.37. The van der Waals surface area contributed by atoms with E-state index in [1.54, 1.807) is 4.90 Å². The Hall–Kier alpha value is -4.89. The Kier molecular flexibility index (Phi) is 9.21. The van der Waals surface area contributed by atoms with Gasteiger partial charge in [-0.3, -0.25) is 4.90 Å². The summed E-state index contributed by atoms with van der Waals surface area (Å²) >= 11 is 0. The van der Waals surface area contributed by atoms with Crippen LogP contribution < -0.4 is 9.47 Å². The fourth-order valence-corrected chi connectivity index (χ4v) is 5.46. The highest BCUT2D eigenvalue weighted by atomic mass is 16.6. The molecule has 0 spiro atoms. The lowest BCUT2D eigenvalue weighted by Crippen LogP contribution is -2.49. The van der Waals surface area contributed by atoms with Gasteiger partial charge in [-0.25, -0.2) is 9.78 Å². The van der Waals surface area contributed by atoms with E-state index in [9.17, 15) is 4.79 Å². The van der Waals surface area contributed by atoms with E-state index in [1.807, 2.05) is 93.6 Å². The summed E-state index contributed by atoms with van der Waals surface area (Å²) in [6.07, 6.45) is -0.250. The van der Waals surface area contributed by atoms with Gasteiger partial charge in [-0.1, -0.05) is 66.7 Å². The Balaban J connectivity index is 1.19. The van der Waals surface area contributed by atoms with E-state index in [4.69, 9.17) is 24.2 Å². The third kappa shape index (κ3) is 7.66. The number of carbonyl (C=O) groups is 1. The number of imidazole rings is 1. The average molecular weight is 620 g/mol. The number of carbonyl (C=O) groups excluding carboxylic acids is 1. The van der Waals surface area contributed by atoms with Gasteiger partial charge in [0.05, 0.1) is 17.6 Å². The summed E-state index contributed by atoms with van der Waals surface area (Å²) in [4.78, 5) is 26.4. The Morgan fingerprint density at radius 1 is 0.783 bits per heavy atom. The maximum absolute atomic E-state index is 12.5. The van der Waals surface area contributed by atoms with Gasteiger partial charge >= 0.3 is 6.09 Å². The maximum Gasteiger partial charge on any atom is 0.410 e. The lowest BCUT2D eigenvalue weighted by molar-refractivity contribution is 0.0136. The molecule has 1 amide bonds. The Bertz CT molecular complexity index is 1770. The van der Waals surface area contributed by atoms with Gasteiger partial charge in [0.15, 0.2) is 0 Å². The highest BCUT2D eigenvalue weighted by Crippen LogP contribution is 2.33. The summed E-state index contributed by atoms with van der Waals surface area (Å²) in [5.74, 6) is 1.98. The zero-order valence-corrected chi connectivity index (χ0v) is 27.0. The third-order valence-corrected chi connectivity index (χ3v) is 7.96. The first-order valence-corrected chi connectivity index (χ1v) is 15.7. The van der Waals surface area contributed by atoms with Crippen molar-refractivity contribution >= 4 is 17.1 Å². The number of ether oxygens (including phenoxy) is 3. The first-order valence-electron chi connectivity index (χ1n) is 15.7. The van der Waals surface area contributed by atoms with Crippen molar-refractivity contribution in [1.29, 1.82) is 0 Å². The number of nitrogens with zero attached hydrogens (tertiary/aromatic N) is 5. The number of hydrogen-bond donors (Lipinski definition) is 0. The SMILES string of the molecule is Cn1c(CN2CCN(C(=O)OC(C)(C)C)CC2)nc2cc(-c3ccc(OCc4ccccc4)nc3OCc3ccccc3)ccc21. The minimum absolute atomic E-state index is 0.250. The van der Waals surface area contributed by atoms with E-state index in [-0.39, 0.29) is 6.09 Å². The fraction of sp³-hybridized carbons (Fsp3) is 0.324. The first-order chi connectivity index (χ1) is 22.2. The molecule has 1 saturated heterocycles. The lowest BCUT2D eigenvalue weighted by Gasteiger charge is -2.35. The normalized spacial score (nSPS) is 14.0. The number of rotatable bonds is 9. The molecule has 3 aromatic carbocycles. The largest absolute Gasteiger partial charge is 0.473 e. The van der Waals surface area contributed by atoms with Gasteiger partial charge in [-0.15, -0.1) is 0 Å². The molecule has 46 heavy (non-hydrogen) atoms. The standard InChI is InChI=1S/C37H41N5O4/c1-37(2,3)46-36(43)42-21-19-41(20-22-42)24-33-38-31-23-29(15-17-32(31)40(33)4)30-16-18-34(44-25-27-11-7-5-8-12-27)39-35(30)45-26-28-13-9-6-10-14-28/h5-18,23H,19-22,24-26H2,1-4H3. The molecule has 6 rings (SSSR count). The highest BCUT2D eigenvalue weighted by molar-refractivity contribution is 5.84. The summed E-state index contributed by atoms with van der Waals surface area (Å²) in [6, 6.07) is 30.3. The zero-order valence-electron chi connectivity index (χ0n) is 27.0. The highest BCUT2D eigenvalue weighted by Gasteiger charge is 2.26. The minimum atomic E-state index is -0.497. The predicted octanol–water partition coefficient (Wildman–Crippen LogP) is 6.85. The molecule has 9 heteroatoms. The first kappa shape index (κ1) is 31.1. The molecule has 1 fully saturated rings. The van der Waals surface area contributed by atoms with Crippen molar-refractivity contribution < 1.29 is 19.0 Å². The molecule has 1 aliphatic heterocycles. The predicted molar refractivity (Wildman–Crippen MR) is 179 cm³/mol. The topological polar surface area (TPSA) is 82.0 Å². The second-order valence-corrected chi connectivity index (χ2v) is 12.6. The van der Waals surface area contributed by atoms with E-state index in [1.165, 1.54) is 0 Å². The molecule has 238 valence electrons. The molecule has 0 atom stereocenters. The monoisotopic (exact) mass is 619 g/mol. The summed E-state index contributed by atoms with van der Waals surface area (Å²) in [6.45, 7) is 9.98. The molecule has 0 radical (unpaired) electrons. The molecule has 0 saturated carbocycles. The number of benzene rings is 3. The second-order valence-electron chi connectivity index (χ2n) is 12.6. The van der Waals surface area contributed by atoms with Crippen LogP contribution in [0.1, 0.15) is 37.7 Å². The van der Waals surface area contributed by atoms with Crippen molar-refractivity contribution in [2.75, 3.05) is 26.2 Å². The van der Waals surface area contributed by atoms with Crippen molar-refractivity contribution in [3.05, 3.63) is 108 Å². The van der Waals surface area contributed by atoms with Gasteiger partial charge in [-0.2, -0.15) is 4.98 Å². The summed E-state index contributed by atoms with van der Waals surface area (Å²) in [5, 5.41) is 0. The van der Waals surface area contributed by atoms with Crippen LogP contribution in [0.3, 0.4) is 0 Å². The van der Waals surface area contributed by atoms with Crippen LogP contribution in [0, 0.1) is 0 Å². The Morgan fingerprint density at radius 3 is 2.09 bits per heavy atom. The van der Waals surface area contributed by atoms with Gasteiger partial charge in [0, 0.05) is 44.9 Å². The quantitative estimate of drug-likeness (QED) is 0.179. The van der Waals surface area contributed by atoms with Crippen LogP contribution in [0.5, 0.6) is 11.8 Å². The molecule has 3 heterocycles. The van der Waals surface area contributed by atoms with Crippen molar-refractivity contribution in [2.45, 2.75) is 46.1 Å². The molecule has 9 nitrogen and oxygen atoms in total. The van der Waals surface area contributed by atoms with Crippen molar-refractivity contribution in [3.63, 3.8) is 0 Å². The van der Waals surface area contributed by atoms with Crippen LogP contribution in [0.2, 0.25) is 0 Å². The number of hydrogen-bond acceptors (Lipinski definition) is 7. The van der Waals surface area contributed by atoms with Crippen molar-refractivity contribution in [2.24, 2.45) is 7.05 Å². The fourth-order valence-electron chi connectivity index (χ4n) is 5.46. The van der Waals surface area contributed by atoms with Gasteiger partial charge in [0.25, 0.3) is 0 Å². The van der Waals surface area contributed by atoms with Gasteiger partial charge < -0.3 is 23.7 Å². The molecule has 5 aromatic rings. The van der Waals surface area contributed by atoms with Crippen molar-refractivity contribution in [3.8, 4) is 22.9 Å². The molecular formula is C37H41N5O4. The molecule has 0 bridgehead atoms. The van der Waals surface area contributed by atoms with E-state index in [2.05, 4.69) is 34.7 Å². The van der Waals surface area contributed by atoms with Gasteiger partial charge in [-0.05, 0) is 55.7 Å². The summed E-state index contributed by atoms with van der Waals surface area (Å²) in [7, 11) is 2.05. The molecule has 0 aliphatic carbocycles. The van der Waals surface area contributed by atoms with E-state index in [0.29, 0.717) is 44.6 Å². The number of fused-ring (bicyclic) bond motifs is 1. The van der Waals surface area contributed by atoms with Crippen LogP contribution >= 0.6 is 0 Å². The summed E-state index contributed by atoms with van der Waals surface area (Å²) in [5.41, 5.74) is 5.42. The van der Waals surface area contributed by atoms with Crippen molar-refractivity contribution in [1.82, 2.24) is 24.3 Å². The van der Waals surface area contributed by atoms with E-state index >= 15 is 0 Å². The molecule has 1 aliphatic rings. The number of piperazine rings is 1. The molecular weight excluding hydrogens is 578 g/mol. The Labute approximate surface area is 270 Å². The zero-order chi connectivity index (χ0) is 32.1. The van der Waals surface area contributed by atoms with Crippen LogP contribution in [-0.4, -0.2) is 62.2 Å². The number of pyridine rings is 1. The third-order valence-electron chi connectivity index (χ3n) is 7.96. The molecule has 0 N–H and O–H groups in total. The summed E-state index contributed by atoms with van der Waals surface area (Å²) < 4.78 is 20.0. The number of amides is 1. The minimum Gasteiger partial charge on any atom is -0.473 e.